The summed E-state index contributed by atoms with van der Waals surface area (Å²) in [4.78, 5) is 0. The smallest absolute Gasteiger partial charge is 0.0431 e. The Morgan fingerprint density at radius 1 is 1.09 bits per heavy atom. The lowest BCUT2D eigenvalue weighted by Gasteiger charge is -2.23. The minimum atomic E-state index is -0.217. The molecular weight excluding hydrogens is 142 g/mol. The van der Waals surface area contributed by atoms with Crippen molar-refractivity contribution in [2.45, 2.75) is 38.1 Å². The van der Waals surface area contributed by atoms with Crippen molar-refractivity contribution in [1.82, 2.24) is 0 Å². The van der Waals surface area contributed by atoms with E-state index >= 15 is 0 Å². The molecule has 0 fully saturated rings. The van der Waals surface area contributed by atoms with E-state index in [9.17, 15) is 0 Å². The molecule has 0 aromatic rings. The Morgan fingerprint density at radius 2 is 1.45 bits per heavy atom. The molecule has 0 saturated carbocycles. The average Bonchev–Trinajstić information content (AvgIpc) is 1.97. The van der Waals surface area contributed by atoms with Gasteiger partial charge in [0.2, 0.25) is 0 Å². The Bertz CT molecular complexity index is 84.1. The first-order valence-corrected chi connectivity index (χ1v) is 4.13. The zero-order valence-corrected chi connectivity index (χ0v) is 7.21. The van der Waals surface area contributed by atoms with Crippen molar-refractivity contribution in [3.63, 3.8) is 0 Å². The molecule has 0 atom stereocenters. The van der Waals surface area contributed by atoms with E-state index in [0.29, 0.717) is 0 Å². The lowest BCUT2D eigenvalue weighted by molar-refractivity contribution is 0.240. The van der Waals surface area contributed by atoms with Crippen LogP contribution in [0.25, 0.3) is 0 Å². The molecule has 11 heavy (non-hydrogen) atoms. The second-order valence-electron chi connectivity index (χ2n) is 3.31. The summed E-state index contributed by atoms with van der Waals surface area (Å²) in [6.45, 7) is 2.36. The van der Waals surface area contributed by atoms with Crippen molar-refractivity contribution in [1.29, 1.82) is 0 Å². The van der Waals surface area contributed by atoms with Gasteiger partial charge in [0, 0.05) is 18.8 Å². The van der Waals surface area contributed by atoms with Crippen molar-refractivity contribution in [3.8, 4) is 0 Å². The largest absolute Gasteiger partial charge is 0.396 e. The minimum absolute atomic E-state index is 0.200. The van der Waals surface area contributed by atoms with Crippen LogP contribution in [0.3, 0.4) is 0 Å². The maximum absolute atomic E-state index is 8.55. The van der Waals surface area contributed by atoms with Crippen molar-refractivity contribution in [2.75, 3.05) is 13.2 Å². The Kier molecular flexibility index (Phi) is 5.46. The summed E-state index contributed by atoms with van der Waals surface area (Å²) < 4.78 is 0. The zero-order valence-electron chi connectivity index (χ0n) is 7.21. The molecule has 0 heterocycles. The van der Waals surface area contributed by atoms with Gasteiger partial charge in [-0.05, 0) is 32.6 Å². The molecule has 0 aromatic heterocycles. The molecule has 0 radical (unpaired) electrons. The van der Waals surface area contributed by atoms with Crippen molar-refractivity contribution in [3.05, 3.63) is 0 Å². The van der Waals surface area contributed by atoms with Gasteiger partial charge in [0.1, 0.15) is 0 Å². The van der Waals surface area contributed by atoms with Crippen LogP contribution in [0.2, 0.25) is 0 Å². The predicted octanol–water partition coefficient (Wildman–Crippen LogP) is 0.249. The van der Waals surface area contributed by atoms with Crippen molar-refractivity contribution >= 4 is 0 Å². The van der Waals surface area contributed by atoms with Gasteiger partial charge in [-0.25, -0.2) is 0 Å². The predicted molar refractivity (Wildman–Crippen MR) is 45.2 cm³/mol. The van der Waals surface area contributed by atoms with Crippen molar-refractivity contribution in [2.24, 2.45) is 5.73 Å². The molecule has 0 saturated heterocycles. The topological polar surface area (TPSA) is 66.5 Å². The summed E-state index contributed by atoms with van der Waals surface area (Å²) in [6.07, 6.45) is 3.14. The Morgan fingerprint density at radius 3 is 1.73 bits per heavy atom. The van der Waals surface area contributed by atoms with E-state index in [-0.39, 0.29) is 18.8 Å². The molecule has 4 N–H and O–H groups in total. The Labute approximate surface area is 68.2 Å². The van der Waals surface area contributed by atoms with Crippen LogP contribution in [0.15, 0.2) is 0 Å². The van der Waals surface area contributed by atoms with Crippen LogP contribution in [-0.4, -0.2) is 29.0 Å². The minimum Gasteiger partial charge on any atom is -0.396 e. The second kappa shape index (κ2) is 5.52. The molecule has 0 rings (SSSR count). The molecule has 3 nitrogen and oxygen atoms in total. The monoisotopic (exact) mass is 161 g/mol. The molecule has 0 unspecified atom stereocenters. The van der Waals surface area contributed by atoms with Crippen LogP contribution in [-0.2, 0) is 0 Å². The van der Waals surface area contributed by atoms with Gasteiger partial charge in [0.05, 0.1) is 0 Å². The highest BCUT2D eigenvalue weighted by Crippen LogP contribution is 2.14. The third kappa shape index (κ3) is 6.28. The SMILES string of the molecule is CC(N)(CCCO)CCCO. The molecule has 0 aromatic carbocycles. The number of aliphatic hydroxyl groups excluding tert-OH is 2. The van der Waals surface area contributed by atoms with Crippen LogP contribution in [0, 0.1) is 0 Å². The third-order valence-electron chi connectivity index (χ3n) is 1.81. The van der Waals surface area contributed by atoms with Gasteiger partial charge < -0.3 is 15.9 Å². The van der Waals surface area contributed by atoms with Gasteiger partial charge in [0.15, 0.2) is 0 Å². The molecule has 0 amide bonds. The summed E-state index contributed by atoms with van der Waals surface area (Å²) in [6, 6.07) is 0. The lowest BCUT2D eigenvalue weighted by atomic mass is 9.92. The normalized spacial score (nSPS) is 12.0. The highest BCUT2D eigenvalue weighted by molar-refractivity contribution is 4.77. The molecular formula is C8H19NO2. The number of nitrogens with two attached hydrogens (primary N) is 1. The standard InChI is InChI=1S/C8H19NO2/c1-8(9,4-2-6-10)5-3-7-11/h10-11H,2-7,9H2,1H3. The van der Waals surface area contributed by atoms with Crippen molar-refractivity contribution < 1.29 is 10.2 Å². The molecule has 3 heteroatoms. The molecule has 68 valence electrons. The fraction of sp³-hybridized carbons (Fsp3) is 1.00. The van der Waals surface area contributed by atoms with Crippen LogP contribution >= 0.6 is 0 Å². The first-order chi connectivity index (χ1) is 5.12. The van der Waals surface area contributed by atoms with Gasteiger partial charge in [-0.1, -0.05) is 0 Å². The summed E-state index contributed by atoms with van der Waals surface area (Å²) >= 11 is 0. The first-order valence-electron chi connectivity index (χ1n) is 4.13. The van der Waals surface area contributed by atoms with Crippen LogP contribution in [0.5, 0.6) is 0 Å². The Balaban J connectivity index is 3.43. The fourth-order valence-electron chi connectivity index (χ4n) is 1.09. The summed E-state index contributed by atoms with van der Waals surface area (Å²) in [5, 5.41) is 17.1. The average molecular weight is 161 g/mol. The molecule has 0 bridgehead atoms. The van der Waals surface area contributed by atoms with Crippen LogP contribution in [0.4, 0.5) is 0 Å². The quantitative estimate of drug-likeness (QED) is 0.523. The highest BCUT2D eigenvalue weighted by atomic mass is 16.3. The third-order valence-corrected chi connectivity index (χ3v) is 1.81. The van der Waals surface area contributed by atoms with Crippen LogP contribution < -0.4 is 5.73 Å². The van der Waals surface area contributed by atoms with Gasteiger partial charge in [-0.3, -0.25) is 0 Å². The Hall–Kier alpha value is -0.120. The number of hydrogen-bond acceptors (Lipinski definition) is 3. The van der Waals surface area contributed by atoms with Gasteiger partial charge in [0.25, 0.3) is 0 Å². The van der Waals surface area contributed by atoms with Gasteiger partial charge in [-0.15, -0.1) is 0 Å². The van der Waals surface area contributed by atoms with E-state index in [1.165, 1.54) is 0 Å². The molecule has 0 aliphatic rings. The molecule has 0 aliphatic carbocycles. The summed E-state index contributed by atoms with van der Waals surface area (Å²) in [7, 11) is 0. The van der Waals surface area contributed by atoms with Gasteiger partial charge in [-0.2, -0.15) is 0 Å². The van der Waals surface area contributed by atoms with E-state index in [4.69, 9.17) is 15.9 Å². The van der Waals surface area contributed by atoms with Gasteiger partial charge >= 0.3 is 0 Å². The van der Waals surface area contributed by atoms with E-state index < -0.39 is 0 Å². The van der Waals surface area contributed by atoms with E-state index in [2.05, 4.69) is 0 Å². The van der Waals surface area contributed by atoms with E-state index in [1.807, 2.05) is 6.92 Å². The maximum atomic E-state index is 8.55. The second-order valence-corrected chi connectivity index (χ2v) is 3.31. The van der Waals surface area contributed by atoms with Crippen LogP contribution in [0.1, 0.15) is 32.6 Å². The number of hydrogen-bond donors (Lipinski definition) is 3. The number of rotatable bonds is 6. The first kappa shape index (κ1) is 10.9. The van der Waals surface area contributed by atoms with E-state index in [0.717, 1.165) is 25.7 Å². The van der Waals surface area contributed by atoms with E-state index in [1.54, 1.807) is 0 Å². The fourth-order valence-corrected chi connectivity index (χ4v) is 1.09. The zero-order chi connectivity index (χ0) is 8.74. The molecule has 0 aliphatic heterocycles. The number of aliphatic hydroxyl groups is 2. The summed E-state index contributed by atoms with van der Waals surface area (Å²) in [5.41, 5.74) is 5.65. The summed E-state index contributed by atoms with van der Waals surface area (Å²) in [5.74, 6) is 0. The highest BCUT2D eigenvalue weighted by Gasteiger charge is 2.16. The molecule has 0 spiro atoms. The lowest BCUT2D eigenvalue weighted by Crippen LogP contribution is -2.36. The maximum Gasteiger partial charge on any atom is 0.0431 e.